The van der Waals surface area contributed by atoms with Crippen molar-refractivity contribution in [1.29, 1.82) is 0 Å². The first-order valence-electron chi connectivity index (χ1n) is 11.4. The van der Waals surface area contributed by atoms with Gasteiger partial charge >= 0.3 is 0 Å². The molecule has 0 nitrogen and oxygen atoms in total. The van der Waals surface area contributed by atoms with Gasteiger partial charge in [-0.3, -0.25) is 0 Å². The number of rotatable bonds is 0. The van der Waals surface area contributed by atoms with Gasteiger partial charge in [-0.25, -0.2) is 0 Å². The van der Waals surface area contributed by atoms with Gasteiger partial charge in [0.2, 0.25) is 0 Å². The molecule has 0 unspecified atom stereocenters. The molecule has 0 spiro atoms. The standard InChI is InChI=1S/C30H33Cl/c1-27(2,3)20-13-18-9-10-19-14-21(28(4,5)6)16-26-24-17-22(31)11-12-23(24)25(15-20)29(18,7)30(19,26)8/h9-17H,1-8H3/t29-,30-/m0/s1. The van der Waals surface area contributed by atoms with E-state index in [1.54, 1.807) is 0 Å². The Balaban J connectivity index is 2.04. The van der Waals surface area contributed by atoms with Crippen LogP contribution < -0.4 is 10.4 Å². The fourth-order valence-electron chi connectivity index (χ4n) is 5.88. The number of hydrogen-bond acceptors (Lipinski definition) is 0. The molecule has 0 aliphatic heterocycles. The third-order valence-electron chi connectivity index (χ3n) is 8.19. The van der Waals surface area contributed by atoms with E-state index in [9.17, 15) is 0 Å². The van der Waals surface area contributed by atoms with Gasteiger partial charge in [-0.05, 0) is 66.8 Å². The van der Waals surface area contributed by atoms with Crippen molar-refractivity contribution in [1.82, 2.24) is 0 Å². The number of benzene rings is 1. The molecule has 0 heterocycles. The van der Waals surface area contributed by atoms with E-state index in [4.69, 9.17) is 11.6 Å². The van der Waals surface area contributed by atoms with Crippen LogP contribution in [-0.4, -0.2) is 0 Å². The topological polar surface area (TPSA) is 0 Å². The Morgan fingerprint density at radius 2 is 1.10 bits per heavy atom. The van der Waals surface area contributed by atoms with Crippen LogP contribution in [-0.2, 0) is 0 Å². The van der Waals surface area contributed by atoms with Crippen molar-refractivity contribution >= 4 is 22.7 Å². The SMILES string of the molecule is CC(C)(C)C1=CC2=c3ccc(Cl)cc3=C3C=C(C(C)(C)C)C=C4C=CC(=C1)[C@]2(C)[C@@]43C. The highest BCUT2D eigenvalue weighted by Gasteiger charge is 2.57. The van der Waals surface area contributed by atoms with Gasteiger partial charge in [-0.2, -0.15) is 0 Å². The minimum atomic E-state index is -0.130. The predicted molar refractivity (Wildman–Crippen MR) is 134 cm³/mol. The molecule has 160 valence electrons. The molecule has 5 rings (SSSR count). The molecular formula is C30H33Cl. The quantitative estimate of drug-likeness (QED) is 0.414. The molecule has 31 heavy (non-hydrogen) atoms. The molecule has 0 fully saturated rings. The molecule has 0 N–H and O–H groups in total. The normalized spacial score (nSPS) is 28.9. The second-order valence-corrected chi connectivity index (χ2v) is 12.4. The summed E-state index contributed by atoms with van der Waals surface area (Å²) in [6.45, 7) is 18.7. The molecule has 0 bridgehead atoms. The summed E-state index contributed by atoms with van der Waals surface area (Å²) in [7, 11) is 0. The summed E-state index contributed by atoms with van der Waals surface area (Å²) in [6, 6.07) is 6.48. The zero-order valence-electron chi connectivity index (χ0n) is 20.1. The molecule has 0 saturated heterocycles. The highest BCUT2D eigenvalue weighted by molar-refractivity contribution is 6.30. The van der Waals surface area contributed by atoms with Crippen LogP contribution in [0.1, 0.15) is 55.4 Å². The maximum atomic E-state index is 6.57. The van der Waals surface area contributed by atoms with Crippen LogP contribution in [0.3, 0.4) is 0 Å². The third kappa shape index (κ3) is 2.61. The average Bonchev–Trinajstić information content (AvgIpc) is 2.65. The summed E-state index contributed by atoms with van der Waals surface area (Å²) in [5.74, 6) is 0. The average molecular weight is 429 g/mol. The van der Waals surface area contributed by atoms with Gasteiger partial charge in [0.15, 0.2) is 0 Å². The third-order valence-corrected chi connectivity index (χ3v) is 8.43. The minimum Gasteiger partial charge on any atom is -0.0843 e. The number of hydrogen-bond donors (Lipinski definition) is 0. The molecule has 1 heteroatoms. The summed E-state index contributed by atoms with van der Waals surface area (Å²) in [5, 5.41) is 3.42. The lowest BCUT2D eigenvalue weighted by Gasteiger charge is -2.57. The number of allylic oxidation sites excluding steroid dienone is 10. The van der Waals surface area contributed by atoms with Gasteiger partial charge in [0, 0.05) is 15.9 Å². The zero-order chi connectivity index (χ0) is 22.6. The van der Waals surface area contributed by atoms with E-state index in [1.807, 2.05) is 0 Å². The van der Waals surface area contributed by atoms with Crippen LogP contribution in [0.2, 0.25) is 5.02 Å². The first-order valence-corrected chi connectivity index (χ1v) is 11.8. The van der Waals surface area contributed by atoms with Crippen molar-refractivity contribution in [3.8, 4) is 0 Å². The van der Waals surface area contributed by atoms with Crippen molar-refractivity contribution in [2.75, 3.05) is 0 Å². The Morgan fingerprint density at radius 3 is 1.55 bits per heavy atom. The maximum Gasteiger partial charge on any atom is 0.0412 e. The lowest BCUT2D eigenvalue weighted by Crippen LogP contribution is -2.54. The van der Waals surface area contributed by atoms with Crippen molar-refractivity contribution in [3.63, 3.8) is 0 Å². The smallest absolute Gasteiger partial charge is 0.0412 e. The Morgan fingerprint density at radius 1 is 0.645 bits per heavy atom. The lowest BCUT2D eigenvalue weighted by atomic mass is 9.45. The molecule has 0 amide bonds. The first kappa shape index (κ1) is 20.8. The summed E-state index contributed by atoms with van der Waals surface area (Å²) in [4.78, 5) is 0. The van der Waals surface area contributed by atoms with Gasteiger partial charge in [0.1, 0.15) is 0 Å². The second-order valence-electron chi connectivity index (χ2n) is 12.0. The van der Waals surface area contributed by atoms with E-state index >= 15 is 0 Å². The van der Waals surface area contributed by atoms with E-state index in [1.165, 1.54) is 43.9 Å². The minimum absolute atomic E-state index is 0.0841. The van der Waals surface area contributed by atoms with Crippen molar-refractivity contribution in [2.45, 2.75) is 55.4 Å². The predicted octanol–water partition coefficient (Wildman–Crippen LogP) is 7.06. The number of halogens is 1. The highest BCUT2D eigenvalue weighted by Crippen LogP contribution is 2.66. The van der Waals surface area contributed by atoms with Gasteiger partial charge < -0.3 is 0 Å². The number of fused-ring (bicyclic) bond motifs is 1. The van der Waals surface area contributed by atoms with Gasteiger partial charge in [0.05, 0.1) is 0 Å². The zero-order valence-corrected chi connectivity index (χ0v) is 20.8. The molecular weight excluding hydrogens is 396 g/mol. The molecule has 0 radical (unpaired) electrons. The first-order chi connectivity index (χ1) is 14.3. The van der Waals surface area contributed by atoms with Crippen LogP contribution in [0.25, 0.3) is 11.1 Å². The largest absolute Gasteiger partial charge is 0.0843 e. The molecule has 1 aromatic rings. The molecule has 2 atom stereocenters. The Bertz CT molecular complexity index is 1310. The summed E-state index contributed by atoms with van der Waals surface area (Å²) >= 11 is 6.57. The van der Waals surface area contributed by atoms with Gasteiger partial charge in [-0.1, -0.05) is 110 Å². The summed E-state index contributed by atoms with van der Waals surface area (Å²) in [5.41, 5.74) is 8.36. The molecule has 0 saturated carbocycles. The highest BCUT2D eigenvalue weighted by atomic mass is 35.5. The lowest BCUT2D eigenvalue weighted by molar-refractivity contribution is 0.298. The molecule has 0 aromatic heterocycles. The maximum absolute atomic E-state index is 6.57. The van der Waals surface area contributed by atoms with Crippen LogP contribution in [0.5, 0.6) is 0 Å². The van der Waals surface area contributed by atoms with Crippen LogP contribution in [0, 0.1) is 21.7 Å². The van der Waals surface area contributed by atoms with Crippen LogP contribution in [0.15, 0.2) is 76.9 Å². The summed E-state index contributed by atoms with van der Waals surface area (Å²) < 4.78 is 0. The van der Waals surface area contributed by atoms with Crippen molar-refractivity contribution in [2.24, 2.45) is 21.7 Å². The van der Waals surface area contributed by atoms with E-state index in [-0.39, 0.29) is 21.7 Å². The second kappa shape index (κ2) is 6.04. The monoisotopic (exact) mass is 428 g/mol. The van der Waals surface area contributed by atoms with E-state index < -0.39 is 0 Å². The van der Waals surface area contributed by atoms with E-state index in [0.717, 1.165) is 5.02 Å². The summed E-state index contributed by atoms with van der Waals surface area (Å²) in [6.07, 6.45) is 14.6. The molecule has 4 aliphatic rings. The Hall–Kier alpha value is -2.05. The van der Waals surface area contributed by atoms with E-state index in [0.29, 0.717) is 0 Å². The van der Waals surface area contributed by atoms with Crippen molar-refractivity contribution in [3.05, 3.63) is 92.4 Å². The molecule has 4 aliphatic carbocycles. The van der Waals surface area contributed by atoms with Gasteiger partial charge in [0.25, 0.3) is 0 Å². The molecule has 1 aromatic carbocycles. The van der Waals surface area contributed by atoms with Crippen LogP contribution >= 0.6 is 11.6 Å². The Labute approximate surface area is 192 Å². The van der Waals surface area contributed by atoms with Gasteiger partial charge in [-0.15, -0.1) is 0 Å². The fourth-order valence-corrected chi connectivity index (χ4v) is 6.05. The van der Waals surface area contributed by atoms with Crippen molar-refractivity contribution < 1.29 is 0 Å². The fraction of sp³-hybridized carbons (Fsp3) is 0.400. The Kier molecular flexibility index (Phi) is 4.06. The van der Waals surface area contributed by atoms with E-state index in [2.05, 4.69) is 110 Å². The van der Waals surface area contributed by atoms with Crippen LogP contribution in [0.4, 0.5) is 0 Å².